The van der Waals surface area contributed by atoms with E-state index in [-0.39, 0.29) is 0 Å². The zero-order valence-corrected chi connectivity index (χ0v) is 20.6. The molecule has 0 aromatic heterocycles. The SMILES string of the molecule is Cc1ccc(N2C(=S)N=C(Nc3c(C)cccc3C)[C@@]2(C)Cc2ccccc2)cc1Br. The zero-order chi connectivity index (χ0) is 22.2. The van der Waals surface area contributed by atoms with E-state index in [0.29, 0.717) is 5.11 Å². The molecule has 0 radical (unpaired) electrons. The molecule has 0 unspecified atom stereocenters. The minimum atomic E-state index is -0.456. The van der Waals surface area contributed by atoms with E-state index in [9.17, 15) is 0 Å². The van der Waals surface area contributed by atoms with Crippen LogP contribution in [0.3, 0.4) is 0 Å². The highest BCUT2D eigenvalue weighted by Crippen LogP contribution is 2.37. The molecule has 3 nitrogen and oxygen atoms in total. The smallest absolute Gasteiger partial charge is 0.202 e. The first-order valence-corrected chi connectivity index (χ1v) is 11.6. The van der Waals surface area contributed by atoms with E-state index in [1.807, 2.05) is 6.07 Å². The monoisotopic (exact) mass is 491 g/mol. The maximum Gasteiger partial charge on any atom is 0.202 e. The first kappa shape index (κ1) is 21.7. The number of aliphatic imine (C=N–C) groups is 1. The van der Waals surface area contributed by atoms with Crippen molar-refractivity contribution in [3.05, 3.63) is 93.5 Å². The van der Waals surface area contributed by atoms with Crippen LogP contribution in [0.2, 0.25) is 0 Å². The van der Waals surface area contributed by atoms with E-state index in [0.717, 1.165) is 28.1 Å². The van der Waals surface area contributed by atoms with Gasteiger partial charge in [0.25, 0.3) is 0 Å². The second-order valence-electron chi connectivity index (χ2n) is 8.34. The lowest BCUT2D eigenvalue weighted by molar-refractivity contribution is 0.626. The summed E-state index contributed by atoms with van der Waals surface area (Å²) < 4.78 is 1.06. The Bertz CT molecular complexity index is 1150. The average Bonchev–Trinajstić information content (AvgIpc) is 2.97. The van der Waals surface area contributed by atoms with Crippen molar-refractivity contribution in [3.63, 3.8) is 0 Å². The lowest BCUT2D eigenvalue weighted by Crippen LogP contribution is -2.53. The highest BCUT2D eigenvalue weighted by atomic mass is 79.9. The molecule has 1 heterocycles. The fraction of sp³-hybridized carbons (Fsp3) is 0.231. The Hall–Kier alpha value is -2.50. The van der Waals surface area contributed by atoms with Crippen LogP contribution in [-0.4, -0.2) is 16.5 Å². The molecule has 4 rings (SSSR count). The first-order chi connectivity index (χ1) is 14.8. The van der Waals surface area contributed by atoms with Gasteiger partial charge in [0.15, 0.2) is 0 Å². The number of benzene rings is 3. The highest BCUT2D eigenvalue weighted by molar-refractivity contribution is 9.10. The van der Waals surface area contributed by atoms with Gasteiger partial charge in [0.05, 0.1) is 0 Å². The third kappa shape index (κ3) is 4.17. The predicted molar refractivity (Wildman–Crippen MR) is 139 cm³/mol. The van der Waals surface area contributed by atoms with Crippen LogP contribution in [0.4, 0.5) is 11.4 Å². The van der Waals surface area contributed by atoms with Gasteiger partial charge in [-0.15, -0.1) is 0 Å². The summed E-state index contributed by atoms with van der Waals surface area (Å²) in [7, 11) is 0. The molecule has 1 aliphatic heterocycles. The van der Waals surface area contributed by atoms with Gasteiger partial charge in [-0.3, -0.25) is 0 Å². The number of nitrogens with zero attached hydrogens (tertiary/aromatic N) is 2. The molecule has 0 saturated carbocycles. The summed E-state index contributed by atoms with van der Waals surface area (Å²) in [6, 6.07) is 23.2. The predicted octanol–water partition coefficient (Wildman–Crippen LogP) is 6.99. The molecule has 0 amide bonds. The summed E-state index contributed by atoms with van der Waals surface area (Å²) in [5.41, 5.74) is 6.47. The topological polar surface area (TPSA) is 27.6 Å². The third-order valence-electron chi connectivity index (χ3n) is 5.93. The summed E-state index contributed by atoms with van der Waals surface area (Å²) in [5, 5.41) is 4.23. The van der Waals surface area contributed by atoms with Gasteiger partial charge in [-0.2, -0.15) is 0 Å². The van der Waals surface area contributed by atoms with Crippen LogP contribution in [0.25, 0.3) is 0 Å². The summed E-state index contributed by atoms with van der Waals surface area (Å²) in [4.78, 5) is 7.05. The minimum Gasteiger partial charge on any atom is -0.341 e. The zero-order valence-electron chi connectivity index (χ0n) is 18.2. The molecule has 0 spiro atoms. The quantitative estimate of drug-likeness (QED) is 0.398. The fourth-order valence-corrected chi connectivity index (χ4v) is 4.91. The molecule has 31 heavy (non-hydrogen) atoms. The van der Waals surface area contributed by atoms with Gasteiger partial charge >= 0.3 is 0 Å². The number of para-hydroxylation sites is 1. The summed E-state index contributed by atoms with van der Waals surface area (Å²) >= 11 is 9.49. The second-order valence-corrected chi connectivity index (χ2v) is 9.56. The molecular weight excluding hydrogens is 466 g/mol. The molecule has 0 aliphatic carbocycles. The molecule has 0 fully saturated rings. The van der Waals surface area contributed by atoms with Gasteiger partial charge in [0.2, 0.25) is 5.11 Å². The molecule has 1 N–H and O–H groups in total. The Morgan fingerprint density at radius 1 is 0.935 bits per heavy atom. The summed E-state index contributed by atoms with van der Waals surface area (Å²) in [6.07, 6.45) is 0.774. The van der Waals surface area contributed by atoms with Crippen molar-refractivity contribution in [2.75, 3.05) is 10.2 Å². The van der Waals surface area contributed by atoms with Crippen molar-refractivity contribution in [1.29, 1.82) is 0 Å². The van der Waals surface area contributed by atoms with Crippen molar-refractivity contribution >= 4 is 50.5 Å². The fourth-order valence-electron chi connectivity index (χ4n) is 4.15. The number of thiocarbonyl (C=S) groups is 1. The number of nitrogens with one attached hydrogen (secondary N) is 1. The van der Waals surface area contributed by atoms with Gasteiger partial charge in [0, 0.05) is 22.3 Å². The Labute approximate surface area is 198 Å². The highest BCUT2D eigenvalue weighted by Gasteiger charge is 2.45. The lowest BCUT2D eigenvalue weighted by Gasteiger charge is -2.38. The molecular formula is C26H26BrN3S. The standard InChI is InChI=1S/C26H26BrN3S/c1-17-13-14-21(15-22(17)27)30-25(31)29-24(28-23-18(2)9-8-10-19(23)3)26(30,4)16-20-11-6-5-7-12-20/h5-15H,16H2,1-4H3,(H,28,29,31)/t26-/m1/s1. The molecule has 1 aliphatic rings. The molecule has 0 bridgehead atoms. The van der Waals surface area contributed by atoms with E-state index in [1.54, 1.807) is 0 Å². The van der Waals surface area contributed by atoms with E-state index >= 15 is 0 Å². The summed E-state index contributed by atoms with van der Waals surface area (Å²) in [6.45, 7) is 8.54. The van der Waals surface area contributed by atoms with Crippen molar-refractivity contribution in [3.8, 4) is 0 Å². The maximum atomic E-state index is 5.81. The number of hydrogen-bond acceptors (Lipinski definition) is 2. The van der Waals surface area contributed by atoms with Crippen LogP contribution in [0, 0.1) is 20.8 Å². The van der Waals surface area contributed by atoms with E-state index in [1.165, 1.54) is 22.3 Å². The largest absolute Gasteiger partial charge is 0.341 e. The Kier molecular flexibility index (Phi) is 6.00. The summed E-state index contributed by atoms with van der Waals surface area (Å²) in [5.74, 6) is 0.871. The number of hydrogen-bond donors (Lipinski definition) is 1. The van der Waals surface area contributed by atoms with Crippen LogP contribution >= 0.6 is 28.1 Å². The first-order valence-electron chi connectivity index (χ1n) is 10.4. The lowest BCUT2D eigenvalue weighted by atomic mass is 9.89. The molecule has 3 aromatic carbocycles. The number of rotatable bonds is 4. The second kappa shape index (κ2) is 8.56. The average molecular weight is 492 g/mol. The molecule has 158 valence electrons. The number of halogens is 1. The van der Waals surface area contributed by atoms with Gasteiger partial charge < -0.3 is 10.2 Å². The molecule has 3 aromatic rings. The normalized spacial score (nSPS) is 18.3. The van der Waals surface area contributed by atoms with E-state index in [4.69, 9.17) is 17.2 Å². The van der Waals surface area contributed by atoms with Gasteiger partial charge in [-0.05, 0) is 74.3 Å². The Balaban J connectivity index is 1.80. The third-order valence-corrected chi connectivity index (χ3v) is 7.06. The van der Waals surface area contributed by atoms with Crippen molar-refractivity contribution in [2.24, 2.45) is 4.99 Å². The van der Waals surface area contributed by atoms with Crippen molar-refractivity contribution < 1.29 is 0 Å². The van der Waals surface area contributed by atoms with Gasteiger partial charge in [0.1, 0.15) is 11.4 Å². The van der Waals surface area contributed by atoms with E-state index < -0.39 is 5.54 Å². The van der Waals surface area contributed by atoms with Crippen molar-refractivity contribution in [2.45, 2.75) is 39.7 Å². The van der Waals surface area contributed by atoms with Crippen LogP contribution in [0.5, 0.6) is 0 Å². The van der Waals surface area contributed by atoms with Gasteiger partial charge in [-0.25, -0.2) is 4.99 Å². The number of amidine groups is 1. The minimum absolute atomic E-state index is 0.456. The maximum absolute atomic E-state index is 5.81. The Morgan fingerprint density at radius 3 is 2.26 bits per heavy atom. The van der Waals surface area contributed by atoms with Gasteiger partial charge in [-0.1, -0.05) is 70.5 Å². The van der Waals surface area contributed by atoms with Crippen LogP contribution < -0.4 is 10.2 Å². The molecule has 0 saturated heterocycles. The van der Waals surface area contributed by atoms with Crippen LogP contribution in [-0.2, 0) is 6.42 Å². The molecule has 5 heteroatoms. The van der Waals surface area contributed by atoms with E-state index in [2.05, 4.69) is 115 Å². The number of anilines is 2. The Morgan fingerprint density at radius 2 is 1.61 bits per heavy atom. The van der Waals surface area contributed by atoms with Crippen LogP contribution in [0.15, 0.2) is 76.2 Å². The molecule has 1 atom stereocenters. The van der Waals surface area contributed by atoms with Crippen LogP contribution in [0.1, 0.15) is 29.2 Å². The van der Waals surface area contributed by atoms with Crippen molar-refractivity contribution in [1.82, 2.24) is 0 Å². The number of aryl methyl sites for hydroxylation is 3.